The van der Waals surface area contributed by atoms with Crippen molar-refractivity contribution in [1.82, 2.24) is 20.7 Å². The lowest BCUT2D eigenvalue weighted by atomic mass is 9.99. The Morgan fingerprint density at radius 3 is 2.60 bits per heavy atom. The Kier molecular flexibility index (Phi) is 11.1. The molecule has 1 aromatic heterocycles. The van der Waals surface area contributed by atoms with E-state index in [0.717, 1.165) is 43.3 Å². The molecule has 0 bridgehead atoms. The summed E-state index contributed by atoms with van der Waals surface area (Å²) in [5.74, 6) is 2.16. The number of likely N-dealkylation sites (tertiary alicyclic amines) is 1. The average molecular weight is 463 g/mol. The fourth-order valence-corrected chi connectivity index (χ4v) is 3.22. The van der Waals surface area contributed by atoms with Gasteiger partial charge in [0.15, 0.2) is 11.7 Å². The second-order valence-electron chi connectivity index (χ2n) is 6.49. The van der Waals surface area contributed by atoms with E-state index >= 15 is 0 Å². The molecule has 0 aliphatic carbocycles. The van der Waals surface area contributed by atoms with Gasteiger partial charge in [-0.25, -0.2) is 0 Å². The zero-order chi connectivity index (χ0) is 17.2. The number of guanidine groups is 1. The van der Waals surface area contributed by atoms with Crippen molar-refractivity contribution in [2.45, 2.75) is 58.4 Å². The van der Waals surface area contributed by atoms with Gasteiger partial charge < -0.3 is 20.1 Å². The molecule has 1 aromatic rings. The van der Waals surface area contributed by atoms with Crippen molar-refractivity contribution < 1.29 is 4.52 Å². The molecule has 0 unspecified atom stereocenters. The lowest BCUT2D eigenvalue weighted by molar-refractivity contribution is 0.232. The lowest BCUT2D eigenvalue weighted by Gasteiger charge is -2.26. The molecule has 2 heterocycles. The van der Waals surface area contributed by atoms with Crippen LogP contribution < -0.4 is 10.6 Å². The number of aliphatic imine (C=N–C) groups is 1. The van der Waals surface area contributed by atoms with Crippen LogP contribution in [0.15, 0.2) is 15.6 Å². The van der Waals surface area contributed by atoms with Crippen molar-refractivity contribution in [3.63, 3.8) is 0 Å². The van der Waals surface area contributed by atoms with E-state index in [9.17, 15) is 0 Å². The van der Waals surface area contributed by atoms with Gasteiger partial charge in [-0.3, -0.25) is 4.99 Å². The van der Waals surface area contributed by atoms with Gasteiger partial charge in [0.25, 0.3) is 0 Å². The monoisotopic (exact) mass is 463 g/mol. The van der Waals surface area contributed by atoms with Gasteiger partial charge in [0.05, 0.1) is 12.2 Å². The number of piperidine rings is 1. The molecule has 0 radical (unpaired) electrons. The van der Waals surface area contributed by atoms with Crippen molar-refractivity contribution in [3.8, 4) is 0 Å². The van der Waals surface area contributed by atoms with Gasteiger partial charge in [0.2, 0.25) is 0 Å². The third kappa shape index (κ3) is 7.52. The Balaban J connectivity index is 0.00000312. The van der Waals surface area contributed by atoms with Gasteiger partial charge in [0.1, 0.15) is 0 Å². The number of hydrogen-bond acceptors (Lipinski definition) is 4. The van der Waals surface area contributed by atoms with Crippen LogP contribution in [-0.4, -0.2) is 49.2 Å². The standard InChI is InChI=1S/C18H33N5O.HI/c1-4-15(5-2)17-13-16(24-22-17)14-21-18(19-3)20-9-12-23-10-7-6-8-11-23;/h13,15H,4-12,14H2,1-3H3,(H2,19,20,21);1H. The first-order valence-corrected chi connectivity index (χ1v) is 9.39. The molecule has 144 valence electrons. The van der Waals surface area contributed by atoms with Crippen LogP contribution in [0.4, 0.5) is 0 Å². The fourth-order valence-electron chi connectivity index (χ4n) is 3.22. The molecular weight excluding hydrogens is 429 g/mol. The van der Waals surface area contributed by atoms with E-state index in [1.807, 2.05) is 0 Å². The minimum Gasteiger partial charge on any atom is -0.359 e. The number of halogens is 1. The molecule has 0 spiro atoms. The van der Waals surface area contributed by atoms with Gasteiger partial charge in [-0.15, -0.1) is 24.0 Å². The third-order valence-electron chi connectivity index (χ3n) is 4.80. The summed E-state index contributed by atoms with van der Waals surface area (Å²) in [6.07, 6.45) is 6.23. The van der Waals surface area contributed by atoms with Crippen molar-refractivity contribution in [1.29, 1.82) is 0 Å². The minimum absolute atomic E-state index is 0. The summed E-state index contributed by atoms with van der Waals surface area (Å²) in [6.45, 7) is 9.42. The Morgan fingerprint density at radius 2 is 1.96 bits per heavy atom. The first-order valence-electron chi connectivity index (χ1n) is 9.39. The highest BCUT2D eigenvalue weighted by molar-refractivity contribution is 14.0. The molecule has 1 aliphatic heterocycles. The predicted octanol–water partition coefficient (Wildman–Crippen LogP) is 3.35. The zero-order valence-electron chi connectivity index (χ0n) is 15.9. The molecule has 0 atom stereocenters. The van der Waals surface area contributed by atoms with Crippen LogP contribution >= 0.6 is 24.0 Å². The van der Waals surface area contributed by atoms with E-state index in [0.29, 0.717) is 12.5 Å². The van der Waals surface area contributed by atoms with Crippen LogP contribution in [0.5, 0.6) is 0 Å². The van der Waals surface area contributed by atoms with Crippen molar-refractivity contribution in [2.24, 2.45) is 4.99 Å². The lowest BCUT2D eigenvalue weighted by Crippen LogP contribution is -2.42. The maximum atomic E-state index is 5.44. The van der Waals surface area contributed by atoms with Gasteiger partial charge in [-0.1, -0.05) is 25.4 Å². The smallest absolute Gasteiger partial charge is 0.191 e. The molecule has 1 fully saturated rings. The van der Waals surface area contributed by atoms with Crippen molar-refractivity contribution >= 4 is 29.9 Å². The summed E-state index contributed by atoms with van der Waals surface area (Å²) in [4.78, 5) is 6.79. The fraction of sp³-hybridized carbons (Fsp3) is 0.778. The van der Waals surface area contributed by atoms with E-state index in [1.54, 1.807) is 7.05 Å². The second kappa shape index (κ2) is 12.5. The van der Waals surface area contributed by atoms with Gasteiger partial charge in [0, 0.05) is 32.1 Å². The number of rotatable bonds is 8. The molecule has 1 saturated heterocycles. The quantitative estimate of drug-likeness (QED) is 0.352. The summed E-state index contributed by atoms with van der Waals surface area (Å²) in [5, 5.41) is 10.9. The van der Waals surface area contributed by atoms with E-state index in [1.165, 1.54) is 32.4 Å². The number of nitrogens with one attached hydrogen (secondary N) is 2. The third-order valence-corrected chi connectivity index (χ3v) is 4.80. The van der Waals surface area contributed by atoms with Crippen LogP contribution in [-0.2, 0) is 6.54 Å². The highest BCUT2D eigenvalue weighted by Gasteiger charge is 2.13. The molecule has 6 nitrogen and oxygen atoms in total. The first kappa shape index (κ1) is 22.2. The van der Waals surface area contributed by atoms with Crippen molar-refractivity contribution in [2.75, 3.05) is 33.2 Å². The topological polar surface area (TPSA) is 65.7 Å². The molecule has 25 heavy (non-hydrogen) atoms. The summed E-state index contributed by atoms with van der Waals surface area (Å²) in [6, 6.07) is 2.06. The van der Waals surface area contributed by atoms with E-state index in [-0.39, 0.29) is 24.0 Å². The first-order chi connectivity index (χ1) is 11.8. The number of aromatic nitrogens is 1. The number of hydrogen-bond donors (Lipinski definition) is 2. The summed E-state index contributed by atoms with van der Waals surface area (Å²) in [5.41, 5.74) is 1.06. The van der Waals surface area contributed by atoms with Gasteiger partial charge in [-0.2, -0.15) is 0 Å². The molecule has 2 rings (SSSR count). The van der Waals surface area contributed by atoms with Crippen LogP contribution in [0, 0.1) is 0 Å². The summed E-state index contributed by atoms with van der Waals surface area (Å²) >= 11 is 0. The SMILES string of the molecule is CCC(CC)c1cc(CNC(=NC)NCCN2CCCCC2)on1.I. The van der Waals surface area contributed by atoms with E-state index in [2.05, 4.69) is 45.6 Å². The molecule has 0 amide bonds. The average Bonchev–Trinajstić information content (AvgIpc) is 3.08. The minimum atomic E-state index is 0. The van der Waals surface area contributed by atoms with Crippen LogP contribution in [0.2, 0.25) is 0 Å². The molecule has 2 N–H and O–H groups in total. The molecular formula is C18H34IN5O. The largest absolute Gasteiger partial charge is 0.359 e. The maximum absolute atomic E-state index is 5.44. The van der Waals surface area contributed by atoms with E-state index < -0.39 is 0 Å². The van der Waals surface area contributed by atoms with Crippen LogP contribution in [0.25, 0.3) is 0 Å². The second-order valence-corrected chi connectivity index (χ2v) is 6.49. The zero-order valence-corrected chi connectivity index (χ0v) is 18.2. The van der Waals surface area contributed by atoms with E-state index in [4.69, 9.17) is 4.52 Å². The molecule has 7 heteroatoms. The van der Waals surface area contributed by atoms with Gasteiger partial charge in [-0.05, 0) is 38.8 Å². The van der Waals surface area contributed by atoms with Crippen LogP contribution in [0.3, 0.4) is 0 Å². The highest BCUT2D eigenvalue weighted by atomic mass is 127. The Labute approximate surface area is 169 Å². The van der Waals surface area contributed by atoms with Gasteiger partial charge >= 0.3 is 0 Å². The highest BCUT2D eigenvalue weighted by Crippen LogP contribution is 2.22. The summed E-state index contributed by atoms with van der Waals surface area (Å²) < 4.78 is 5.44. The number of nitrogens with zero attached hydrogens (tertiary/aromatic N) is 3. The normalized spacial score (nSPS) is 15.9. The Hall–Kier alpha value is -0.830. The predicted molar refractivity (Wildman–Crippen MR) is 114 cm³/mol. The Bertz CT molecular complexity index is 495. The van der Waals surface area contributed by atoms with Crippen molar-refractivity contribution in [3.05, 3.63) is 17.5 Å². The van der Waals surface area contributed by atoms with Crippen LogP contribution in [0.1, 0.15) is 63.3 Å². The summed E-state index contributed by atoms with van der Waals surface area (Å²) in [7, 11) is 1.80. The maximum Gasteiger partial charge on any atom is 0.191 e. The molecule has 1 aliphatic rings. The molecule has 0 aromatic carbocycles. The Morgan fingerprint density at radius 1 is 1.24 bits per heavy atom. The molecule has 0 saturated carbocycles.